The first kappa shape index (κ1) is 14.3. The molecule has 100 valence electrons. The number of hydrogen-bond donors (Lipinski definition) is 3. The number of carboxylic acids is 1. The highest BCUT2D eigenvalue weighted by atomic mass is 32.2. The summed E-state index contributed by atoms with van der Waals surface area (Å²) in [6.07, 6.45) is 2.25. The summed E-state index contributed by atoms with van der Waals surface area (Å²) >= 11 is 0. The minimum atomic E-state index is -3.25. The van der Waals surface area contributed by atoms with Gasteiger partial charge in [0.2, 0.25) is 10.0 Å². The first-order valence-electron chi connectivity index (χ1n) is 5.05. The highest BCUT2D eigenvalue weighted by Crippen LogP contribution is 2.10. The second-order valence-corrected chi connectivity index (χ2v) is 5.41. The molecule has 0 spiro atoms. The van der Waals surface area contributed by atoms with E-state index < -0.39 is 16.0 Å². The minimum absolute atomic E-state index is 0.0556. The summed E-state index contributed by atoms with van der Waals surface area (Å²) in [5.74, 6) is -0.544. The number of aromatic nitrogens is 2. The zero-order chi connectivity index (χ0) is 13.8. The van der Waals surface area contributed by atoms with Crippen LogP contribution in [-0.2, 0) is 10.0 Å². The van der Waals surface area contributed by atoms with E-state index in [1.807, 2.05) is 0 Å². The average molecular weight is 274 g/mol. The third-order valence-corrected chi connectivity index (χ3v) is 2.65. The van der Waals surface area contributed by atoms with E-state index in [1.165, 1.54) is 6.20 Å². The van der Waals surface area contributed by atoms with Crippen LogP contribution in [-0.4, -0.2) is 48.8 Å². The molecular weight excluding hydrogens is 260 g/mol. The fourth-order valence-corrected chi connectivity index (χ4v) is 1.65. The van der Waals surface area contributed by atoms with Gasteiger partial charge in [0.05, 0.1) is 6.26 Å². The van der Waals surface area contributed by atoms with Crippen molar-refractivity contribution in [3.63, 3.8) is 0 Å². The van der Waals surface area contributed by atoms with Crippen LogP contribution >= 0.6 is 0 Å². The zero-order valence-corrected chi connectivity index (χ0v) is 10.8. The van der Waals surface area contributed by atoms with Gasteiger partial charge in [-0.15, -0.1) is 0 Å². The molecule has 0 aliphatic carbocycles. The topological polar surface area (TPSA) is 121 Å². The van der Waals surface area contributed by atoms with Crippen LogP contribution in [0.5, 0.6) is 0 Å². The molecule has 1 aromatic rings. The molecule has 0 bridgehead atoms. The Labute approximate surface area is 105 Å². The molecule has 0 amide bonds. The molecule has 0 saturated heterocycles. The Balaban J connectivity index is 2.66. The number of hydrogen-bond acceptors (Lipinski definition) is 6. The van der Waals surface area contributed by atoms with E-state index in [0.29, 0.717) is 5.82 Å². The van der Waals surface area contributed by atoms with Crippen molar-refractivity contribution >= 4 is 21.8 Å². The van der Waals surface area contributed by atoms with Crippen LogP contribution in [0.4, 0.5) is 5.82 Å². The second kappa shape index (κ2) is 5.74. The first-order chi connectivity index (χ1) is 8.29. The molecule has 0 fully saturated rings. The van der Waals surface area contributed by atoms with E-state index in [9.17, 15) is 13.2 Å². The van der Waals surface area contributed by atoms with Crippen LogP contribution in [0.2, 0.25) is 0 Å². The molecule has 0 atom stereocenters. The van der Waals surface area contributed by atoms with Gasteiger partial charge in [-0.1, -0.05) is 0 Å². The van der Waals surface area contributed by atoms with Gasteiger partial charge in [-0.3, -0.25) is 0 Å². The molecule has 0 aliphatic heterocycles. The summed E-state index contributed by atoms with van der Waals surface area (Å²) in [6, 6.07) is 0. The number of carboxylic acid groups (broad SMARTS) is 1. The number of nitrogens with one attached hydrogen (secondary N) is 2. The maximum Gasteiger partial charge on any atom is 0.341 e. The molecule has 3 N–H and O–H groups in total. The van der Waals surface area contributed by atoms with Crippen LogP contribution < -0.4 is 10.0 Å². The summed E-state index contributed by atoms with van der Waals surface area (Å²) in [5.41, 5.74) is -0.0556. The summed E-state index contributed by atoms with van der Waals surface area (Å²) in [7, 11) is -3.25. The number of anilines is 1. The number of carbonyl (C=O) groups is 1. The van der Waals surface area contributed by atoms with Crippen LogP contribution in [0.15, 0.2) is 6.20 Å². The molecule has 1 heterocycles. The van der Waals surface area contributed by atoms with Crippen molar-refractivity contribution in [2.45, 2.75) is 6.92 Å². The molecule has 8 nitrogen and oxygen atoms in total. The van der Waals surface area contributed by atoms with Crippen LogP contribution in [0.3, 0.4) is 0 Å². The molecule has 0 saturated carbocycles. The second-order valence-electron chi connectivity index (χ2n) is 3.58. The van der Waals surface area contributed by atoms with Crippen molar-refractivity contribution in [2.75, 3.05) is 24.7 Å². The molecular formula is C9H14N4O4S. The Morgan fingerprint density at radius 1 is 1.44 bits per heavy atom. The normalized spacial score (nSPS) is 11.2. The van der Waals surface area contributed by atoms with Gasteiger partial charge in [-0.25, -0.2) is 27.9 Å². The van der Waals surface area contributed by atoms with E-state index in [-0.39, 0.29) is 24.5 Å². The van der Waals surface area contributed by atoms with E-state index in [2.05, 4.69) is 20.0 Å². The van der Waals surface area contributed by atoms with Crippen LogP contribution in [0, 0.1) is 6.92 Å². The molecule has 0 aliphatic rings. The molecule has 1 rings (SSSR count). The van der Waals surface area contributed by atoms with E-state index in [1.54, 1.807) is 6.92 Å². The lowest BCUT2D eigenvalue weighted by atomic mass is 10.3. The maximum absolute atomic E-state index is 10.9. The van der Waals surface area contributed by atoms with Gasteiger partial charge < -0.3 is 10.4 Å². The van der Waals surface area contributed by atoms with Crippen molar-refractivity contribution in [1.82, 2.24) is 14.7 Å². The first-order valence-corrected chi connectivity index (χ1v) is 6.94. The standard InChI is InChI=1S/C9H14N4O4S/c1-6-11-5-7(9(14)15)8(13-6)10-3-4-12-18(2,16)17/h5,12H,3-4H2,1-2H3,(H,14,15)(H,10,11,13). The van der Waals surface area contributed by atoms with Gasteiger partial charge in [0, 0.05) is 19.3 Å². The fraction of sp³-hybridized carbons (Fsp3) is 0.444. The quantitative estimate of drug-likeness (QED) is 0.595. The third-order valence-electron chi connectivity index (χ3n) is 1.92. The van der Waals surface area contributed by atoms with E-state index in [4.69, 9.17) is 5.11 Å². The molecule has 9 heteroatoms. The number of aromatic carboxylic acids is 1. The van der Waals surface area contributed by atoms with Gasteiger partial charge in [0.15, 0.2) is 0 Å². The SMILES string of the molecule is Cc1ncc(C(=O)O)c(NCCNS(C)(=O)=O)n1. The molecule has 1 aromatic heterocycles. The third kappa shape index (κ3) is 4.63. The zero-order valence-electron chi connectivity index (χ0n) is 9.97. The summed E-state index contributed by atoms with van der Waals surface area (Å²) < 4.78 is 23.9. The van der Waals surface area contributed by atoms with Crippen molar-refractivity contribution in [2.24, 2.45) is 0 Å². The Morgan fingerprint density at radius 3 is 2.67 bits per heavy atom. The van der Waals surface area contributed by atoms with E-state index >= 15 is 0 Å². The lowest BCUT2D eigenvalue weighted by molar-refractivity contribution is 0.0697. The number of aryl methyl sites for hydroxylation is 1. The van der Waals surface area contributed by atoms with Gasteiger partial charge in [0.25, 0.3) is 0 Å². The lowest BCUT2D eigenvalue weighted by Gasteiger charge is -2.08. The van der Waals surface area contributed by atoms with Gasteiger partial charge in [0.1, 0.15) is 17.2 Å². The molecule has 0 aromatic carbocycles. The highest BCUT2D eigenvalue weighted by molar-refractivity contribution is 7.88. The molecule has 0 radical (unpaired) electrons. The average Bonchev–Trinajstić information content (AvgIpc) is 2.22. The number of nitrogens with zero attached hydrogens (tertiary/aromatic N) is 2. The number of rotatable bonds is 6. The highest BCUT2D eigenvalue weighted by Gasteiger charge is 2.12. The minimum Gasteiger partial charge on any atom is -0.477 e. The summed E-state index contributed by atoms with van der Waals surface area (Å²) in [5, 5.41) is 11.7. The Bertz CT molecular complexity index is 543. The smallest absolute Gasteiger partial charge is 0.341 e. The Hall–Kier alpha value is -1.74. The van der Waals surface area contributed by atoms with Crippen LogP contribution in [0.25, 0.3) is 0 Å². The van der Waals surface area contributed by atoms with Gasteiger partial charge in [-0.2, -0.15) is 0 Å². The maximum atomic E-state index is 10.9. The Morgan fingerprint density at radius 2 is 2.11 bits per heavy atom. The molecule has 18 heavy (non-hydrogen) atoms. The summed E-state index contributed by atoms with van der Waals surface area (Å²) in [6.45, 7) is 2.00. The monoisotopic (exact) mass is 274 g/mol. The number of sulfonamides is 1. The van der Waals surface area contributed by atoms with Crippen molar-refractivity contribution in [3.8, 4) is 0 Å². The predicted molar refractivity (Wildman–Crippen MR) is 65.1 cm³/mol. The van der Waals surface area contributed by atoms with Crippen molar-refractivity contribution in [3.05, 3.63) is 17.6 Å². The van der Waals surface area contributed by atoms with E-state index in [0.717, 1.165) is 6.26 Å². The summed E-state index contributed by atoms with van der Waals surface area (Å²) in [4.78, 5) is 18.6. The van der Waals surface area contributed by atoms with Gasteiger partial charge in [-0.05, 0) is 6.92 Å². The van der Waals surface area contributed by atoms with Gasteiger partial charge >= 0.3 is 5.97 Å². The fourth-order valence-electron chi connectivity index (χ4n) is 1.18. The van der Waals surface area contributed by atoms with Crippen molar-refractivity contribution < 1.29 is 18.3 Å². The largest absolute Gasteiger partial charge is 0.477 e. The molecule has 0 unspecified atom stereocenters. The predicted octanol–water partition coefficient (Wildman–Crippen LogP) is -0.556. The lowest BCUT2D eigenvalue weighted by Crippen LogP contribution is -2.28. The van der Waals surface area contributed by atoms with Crippen molar-refractivity contribution in [1.29, 1.82) is 0 Å². The van der Waals surface area contributed by atoms with Crippen LogP contribution in [0.1, 0.15) is 16.2 Å². The Kier molecular flexibility index (Phi) is 4.56.